The Bertz CT molecular complexity index is 903. The number of pyridine rings is 1. The van der Waals surface area contributed by atoms with E-state index >= 15 is 0 Å². The lowest BCUT2D eigenvalue weighted by atomic mass is 9.82. The minimum Gasteiger partial charge on any atom is -0.466 e. The predicted octanol–water partition coefficient (Wildman–Crippen LogP) is 6.35. The largest absolute Gasteiger partial charge is 0.466 e. The van der Waals surface area contributed by atoms with Crippen molar-refractivity contribution in [3.8, 4) is 0 Å². The van der Waals surface area contributed by atoms with E-state index in [1.165, 1.54) is 11.1 Å². The van der Waals surface area contributed by atoms with Crippen molar-refractivity contribution in [3.05, 3.63) is 64.0 Å². The summed E-state index contributed by atoms with van der Waals surface area (Å²) in [6.45, 7) is 12.5. The minimum atomic E-state index is -0.312. The summed E-state index contributed by atoms with van der Waals surface area (Å²) in [5, 5.41) is 0. The van der Waals surface area contributed by atoms with Crippen molar-refractivity contribution in [2.75, 3.05) is 6.61 Å². The molecular formula is C27H37NO3. The number of ketones is 1. The minimum absolute atomic E-state index is 0.0394. The van der Waals surface area contributed by atoms with Gasteiger partial charge in [0.2, 0.25) is 0 Å². The van der Waals surface area contributed by atoms with Gasteiger partial charge in [-0.05, 0) is 62.8 Å². The molecule has 0 saturated carbocycles. The topological polar surface area (TPSA) is 56.3 Å². The summed E-state index contributed by atoms with van der Waals surface area (Å²) in [4.78, 5) is 29.9. The van der Waals surface area contributed by atoms with E-state index in [9.17, 15) is 9.59 Å². The van der Waals surface area contributed by atoms with Crippen molar-refractivity contribution in [2.24, 2.45) is 5.92 Å². The standard InChI is InChI=1S/C27H37NO3/c1-7-9-14-31-26(30)17-25(27-23(21(6)29)13-11-20(5)28-27)24-12-10-19(4)16-22(24)15-18(3)8-2/h10-13,16,18,25H,7-9,14-15,17H2,1-6H3/t18-,25-/m1/s1. The van der Waals surface area contributed by atoms with E-state index in [1.807, 2.05) is 19.1 Å². The molecule has 1 aromatic heterocycles. The fraction of sp³-hybridized carbons (Fsp3) is 0.519. The maximum Gasteiger partial charge on any atom is 0.306 e. The molecule has 2 aromatic rings. The molecule has 0 saturated heterocycles. The molecule has 4 nitrogen and oxygen atoms in total. The molecule has 0 spiro atoms. The summed E-state index contributed by atoms with van der Waals surface area (Å²) in [6, 6.07) is 10.1. The maximum atomic E-state index is 12.8. The molecule has 0 bridgehead atoms. The monoisotopic (exact) mass is 423 g/mol. The summed E-state index contributed by atoms with van der Waals surface area (Å²) in [5.74, 6) is -0.0724. The lowest BCUT2D eigenvalue weighted by molar-refractivity contribution is -0.144. The molecule has 4 heteroatoms. The average molecular weight is 424 g/mol. The van der Waals surface area contributed by atoms with Gasteiger partial charge in [-0.2, -0.15) is 0 Å². The van der Waals surface area contributed by atoms with Gasteiger partial charge in [-0.3, -0.25) is 14.6 Å². The molecule has 0 aliphatic rings. The van der Waals surface area contributed by atoms with E-state index in [2.05, 4.69) is 45.9 Å². The van der Waals surface area contributed by atoms with Gasteiger partial charge in [-0.25, -0.2) is 0 Å². The Morgan fingerprint density at radius 1 is 1.10 bits per heavy atom. The SMILES string of the molecule is CCCCOC(=O)C[C@H](c1ccc(C)cc1C[C@H](C)CC)c1nc(C)ccc1C(C)=O. The summed E-state index contributed by atoms with van der Waals surface area (Å²) in [7, 11) is 0. The zero-order valence-electron chi connectivity index (χ0n) is 20.0. The number of Topliss-reactive ketones (excluding diaryl/α,β-unsaturated/α-hetero) is 1. The van der Waals surface area contributed by atoms with Crippen LogP contribution in [0.25, 0.3) is 0 Å². The van der Waals surface area contributed by atoms with E-state index in [1.54, 1.807) is 6.92 Å². The number of rotatable bonds is 11. The normalized spacial score (nSPS) is 13.0. The molecule has 0 aliphatic carbocycles. The lowest BCUT2D eigenvalue weighted by Gasteiger charge is -2.23. The third kappa shape index (κ3) is 7.02. The van der Waals surface area contributed by atoms with Crippen LogP contribution >= 0.6 is 0 Å². The average Bonchev–Trinajstić information content (AvgIpc) is 2.72. The Balaban J connectivity index is 2.58. The van der Waals surface area contributed by atoms with Gasteiger partial charge in [0.1, 0.15) is 0 Å². The molecule has 168 valence electrons. The Morgan fingerprint density at radius 2 is 1.84 bits per heavy atom. The van der Waals surface area contributed by atoms with Crippen LogP contribution in [0.3, 0.4) is 0 Å². The van der Waals surface area contributed by atoms with Crippen LogP contribution in [-0.2, 0) is 16.0 Å². The number of aromatic nitrogens is 1. The molecule has 0 fully saturated rings. The second kappa shape index (κ2) is 11.8. The summed E-state index contributed by atoms with van der Waals surface area (Å²) in [6.07, 6.45) is 4.01. The highest BCUT2D eigenvalue weighted by Gasteiger charge is 2.27. The predicted molar refractivity (Wildman–Crippen MR) is 126 cm³/mol. The molecule has 0 aliphatic heterocycles. The first-order valence-electron chi connectivity index (χ1n) is 11.5. The van der Waals surface area contributed by atoms with Crippen LogP contribution in [0.5, 0.6) is 0 Å². The third-order valence-electron chi connectivity index (χ3n) is 5.84. The van der Waals surface area contributed by atoms with Crippen molar-refractivity contribution in [2.45, 2.75) is 79.6 Å². The number of hydrogen-bond acceptors (Lipinski definition) is 4. The second-order valence-corrected chi connectivity index (χ2v) is 8.69. The molecule has 0 radical (unpaired) electrons. The van der Waals surface area contributed by atoms with Crippen molar-refractivity contribution in [3.63, 3.8) is 0 Å². The van der Waals surface area contributed by atoms with Crippen LogP contribution in [0.1, 0.15) is 97.7 Å². The number of nitrogens with zero attached hydrogens (tertiary/aromatic N) is 1. The quantitative estimate of drug-likeness (QED) is 0.240. The van der Waals surface area contributed by atoms with Crippen molar-refractivity contribution < 1.29 is 14.3 Å². The van der Waals surface area contributed by atoms with Crippen molar-refractivity contribution in [1.29, 1.82) is 0 Å². The number of ether oxygens (including phenoxy) is 1. The van der Waals surface area contributed by atoms with Gasteiger partial charge >= 0.3 is 5.97 Å². The van der Waals surface area contributed by atoms with Gasteiger partial charge in [-0.1, -0.05) is 57.4 Å². The number of carbonyl (C=O) groups excluding carboxylic acids is 2. The van der Waals surface area contributed by atoms with Crippen LogP contribution in [0, 0.1) is 19.8 Å². The molecular weight excluding hydrogens is 386 g/mol. The number of hydrogen-bond donors (Lipinski definition) is 0. The number of carbonyl (C=O) groups is 2. The molecule has 2 atom stereocenters. The Labute approximate surface area is 187 Å². The number of aryl methyl sites for hydroxylation is 2. The van der Waals surface area contributed by atoms with Gasteiger partial charge < -0.3 is 4.74 Å². The van der Waals surface area contributed by atoms with Gasteiger partial charge in [0.05, 0.1) is 18.7 Å². The van der Waals surface area contributed by atoms with Crippen LogP contribution in [0.2, 0.25) is 0 Å². The zero-order chi connectivity index (χ0) is 23.0. The number of unbranched alkanes of at least 4 members (excludes halogenated alkanes) is 1. The van der Waals surface area contributed by atoms with Crippen molar-refractivity contribution in [1.82, 2.24) is 4.98 Å². The van der Waals surface area contributed by atoms with E-state index < -0.39 is 0 Å². The highest BCUT2D eigenvalue weighted by Crippen LogP contribution is 2.34. The second-order valence-electron chi connectivity index (χ2n) is 8.69. The Hall–Kier alpha value is -2.49. The Kier molecular flexibility index (Phi) is 9.42. The van der Waals surface area contributed by atoms with Gasteiger partial charge in [0.15, 0.2) is 5.78 Å². The van der Waals surface area contributed by atoms with Gasteiger partial charge in [0.25, 0.3) is 0 Å². The van der Waals surface area contributed by atoms with Gasteiger partial charge in [-0.15, -0.1) is 0 Å². The smallest absolute Gasteiger partial charge is 0.306 e. The third-order valence-corrected chi connectivity index (χ3v) is 5.84. The fourth-order valence-corrected chi connectivity index (χ4v) is 3.82. The highest BCUT2D eigenvalue weighted by atomic mass is 16.5. The van der Waals surface area contributed by atoms with E-state index in [0.29, 0.717) is 23.8 Å². The van der Waals surface area contributed by atoms with E-state index in [-0.39, 0.29) is 24.1 Å². The van der Waals surface area contributed by atoms with Crippen LogP contribution in [0.15, 0.2) is 30.3 Å². The molecule has 0 unspecified atom stereocenters. The number of benzene rings is 1. The zero-order valence-corrected chi connectivity index (χ0v) is 20.0. The highest BCUT2D eigenvalue weighted by molar-refractivity contribution is 5.95. The summed E-state index contributed by atoms with van der Waals surface area (Å²) >= 11 is 0. The van der Waals surface area contributed by atoms with Crippen LogP contribution in [0.4, 0.5) is 0 Å². The fourth-order valence-electron chi connectivity index (χ4n) is 3.82. The number of esters is 1. The van der Waals surface area contributed by atoms with Crippen LogP contribution in [-0.4, -0.2) is 23.3 Å². The first kappa shape index (κ1) is 24.8. The van der Waals surface area contributed by atoms with E-state index in [4.69, 9.17) is 9.72 Å². The Morgan fingerprint density at radius 3 is 2.48 bits per heavy atom. The molecule has 1 heterocycles. The van der Waals surface area contributed by atoms with Gasteiger partial charge in [0, 0.05) is 17.2 Å². The van der Waals surface area contributed by atoms with E-state index in [0.717, 1.165) is 36.9 Å². The first-order valence-corrected chi connectivity index (χ1v) is 11.5. The van der Waals surface area contributed by atoms with Crippen LogP contribution < -0.4 is 0 Å². The molecule has 0 N–H and O–H groups in total. The van der Waals surface area contributed by atoms with Crippen molar-refractivity contribution >= 4 is 11.8 Å². The lowest BCUT2D eigenvalue weighted by Crippen LogP contribution is -2.18. The first-order chi connectivity index (χ1) is 14.8. The molecule has 2 rings (SSSR count). The molecule has 31 heavy (non-hydrogen) atoms. The molecule has 0 amide bonds. The summed E-state index contributed by atoms with van der Waals surface area (Å²) in [5.41, 5.74) is 5.56. The maximum absolute atomic E-state index is 12.8. The molecule has 1 aromatic carbocycles. The summed E-state index contributed by atoms with van der Waals surface area (Å²) < 4.78 is 5.50.